The van der Waals surface area contributed by atoms with Gasteiger partial charge in [-0.05, 0) is 54.5 Å². The topological polar surface area (TPSA) is 105 Å². The average Bonchev–Trinajstić information content (AvgIpc) is 2.74. The van der Waals surface area contributed by atoms with Crippen molar-refractivity contribution in [1.29, 1.82) is 0 Å². The summed E-state index contributed by atoms with van der Waals surface area (Å²) in [5.74, 6) is 0.372. The van der Waals surface area contributed by atoms with Crippen molar-refractivity contribution in [1.82, 2.24) is 9.97 Å². The van der Waals surface area contributed by atoms with Crippen molar-refractivity contribution >= 4 is 44.5 Å². The van der Waals surface area contributed by atoms with Gasteiger partial charge in [-0.1, -0.05) is 25.1 Å². The third-order valence-corrected chi connectivity index (χ3v) is 5.73. The van der Waals surface area contributed by atoms with E-state index in [1.54, 1.807) is 12.1 Å². The van der Waals surface area contributed by atoms with Gasteiger partial charge in [0.15, 0.2) is 5.11 Å². The first-order valence-corrected chi connectivity index (χ1v) is 10.9. The van der Waals surface area contributed by atoms with Crippen LogP contribution in [0.1, 0.15) is 12.5 Å². The van der Waals surface area contributed by atoms with Crippen LogP contribution in [-0.2, 0) is 16.4 Å². The molecule has 0 aliphatic carbocycles. The van der Waals surface area contributed by atoms with Crippen molar-refractivity contribution in [3.63, 3.8) is 0 Å². The number of thiocarbonyl (C=S) groups is 1. The Labute approximate surface area is 180 Å². The highest BCUT2D eigenvalue weighted by atomic mass is 32.2. The van der Waals surface area contributed by atoms with Crippen LogP contribution in [-0.4, -0.2) is 30.6 Å². The average molecular weight is 444 g/mol. The first-order chi connectivity index (χ1) is 14.4. The highest BCUT2D eigenvalue weighted by molar-refractivity contribution is 7.92. The summed E-state index contributed by atoms with van der Waals surface area (Å²) in [5.41, 5.74) is 2.74. The van der Waals surface area contributed by atoms with Crippen LogP contribution in [0.5, 0.6) is 5.88 Å². The Kier molecular flexibility index (Phi) is 6.80. The Balaban J connectivity index is 1.67. The van der Waals surface area contributed by atoms with Crippen LogP contribution in [0.2, 0.25) is 0 Å². The molecule has 0 fully saturated rings. The normalized spacial score (nSPS) is 10.9. The minimum atomic E-state index is -3.81. The molecule has 0 saturated carbocycles. The first-order valence-electron chi connectivity index (χ1n) is 9.06. The SMILES string of the molecule is CCc1ccccc1NC(=S)Nc1ccc(S(=O)(=O)Nc2cc(OC)ncn2)cc1. The molecule has 0 aliphatic heterocycles. The predicted molar refractivity (Wildman–Crippen MR) is 121 cm³/mol. The van der Waals surface area contributed by atoms with Crippen molar-refractivity contribution in [3.8, 4) is 5.88 Å². The Morgan fingerprint density at radius 3 is 2.50 bits per heavy atom. The second-order valence-corrected chi connectivity index (χ2v) is 8.26. The molecule has 10 heteroatoms. The van der Waals surface area contributed by atoms with E-state index in [0.717, 1.165) is 17.7 Å². The number of para-hydroxylation sites is 1. The number of sulfonamides is 1. The third kappa shape index (κ3) is 5.43. The molecule has 1 aromatic heterocycles. The molecule has 0 saturated heterocycles. The molecule has 30 heavy (non-hydrogen) atoms. The summed E-state index contributed by atoms with van der Waals surface area (Å²) < 4.78 is 32.5. The molecule has 0 amide bonds. The third-order valence-electron chi connectivity index (χ3n) is 4.16. The van der Waals surface area contributed by atoms with Crippen LogP contribution >= 0.6 is 12.2 Å². The molecule has 2 aromatic carbocycles. The fraction of sp³-hybridized carbons (Fsp3) is 0.150. The number of aromatic nitrogens is 2. The Bertz CT molecular complexity index is 1140. The van der Waals surface area contributed by atoms with Crippen LogP contribution in [0.15, 0.2) is 65.8 Å². The number of aryl methyl sites for hydroxylation is 1. The molecule has 1 heterocycles. The van der Waals surface area contributed by atoms with Gasteiger partial charge in [0.2, 0.25) is 5.88 Å². The number of hydrogen-bond donors (Lipinski definition) is 3. The summed E-state index contributed by atoms with van der Waals surface area (Å²) in [6.07, 6.45) is 2.10. The maximum atomic E-state index is 12.6. The highest BCUT2D eigenvalue weighted by Gasteiger charge is 2.15. The minimum Gasteiger partial charge on any atom is -0.481 e. The Hall–Kier alpha value is -3.24. The van der Waals surface area contributed by atoms with E-state index in [9.17, 15) is 8.42 Å². The number of ether oxygens (including phenoxy) is 1. The molecule has 3 rings (SSSR count). The molecule has 3 aromatic rings. The largest absolute Gasteiger partial charge is 0.481 e. The number of methoxy groups -OCH3 is 1. The molecule has 0 spiro atoms. The number of nitrogens with zero attached hydrogens (tertiary/aromatic N) is 2. The molecule has 156 valence electrons. The lowest BCUT2D eigenvalue weighted by molar-refractivity contribution is 0.397. The van der Waals surface area contributed by atoms with Crippen LogP contribution in [0.25, 0.3) is 0 Å². The predicted octanol–water partition coefficient (Wildman–Crippen LogP) is 3.66. The van der Waals surface area contributed by atoms with E-state index >= 15 is 0 Å². The van der Waals surface area contributed by atoms with E-state index in [1.165, 1.54) is 31.6 Å². The zero-order chi connectivity index (χ0) is 21.6. The van der Waals surface area contributed by atoms with Gasteiger partial charge in [-0.25, -0.2) is 18.4 Å². The lowest BCUT2D eigenvalue weighted by Gasteiger charge is -2.14. The maximum absolute atomic E-state index is 12.6. The van der Waals surface area contributed by atoms with Crippen LogP contribution in [0.3, 0.4) is 0 Å². The first kappa shape index (κ1) is 21.5. The van der Waals surface area contributed by atoms with Crippen molar-refractivity contribution in [2.24, 2.45) is 0 Å². The van der Waals surface area contributed by atoms with Gasteiger partial charge in [-0.15, -0.1) is 0 Å². The van der Waals surface area contributed by atoms with Crippen LogP contribution in [0.4, 0.5) is 17.2 Å². The number of hydrogen-bond acceptors (Lipinski definition) is 6. The van der Waals surface area contributed by atoms with Gasteiger partial charge in [-0.3, -0.25) is 4.72 Å². The second kappa shape index (κ2) is 9.51. The Morgan fingerprint density at radius 2 is 1.80 bits per heavy atom. The number of rotatable bonds is 7. The molecule has 0 unspecified atom stereocenters. The van der Waals surface area contributed by atoms with Crippen molar-refractivity contribution < 1.29 is 13.2 Å². The molecule has 0 atom stereocenters. The van der Waals surface area contributed by atoms with Crippen LogP contribution < -0.4 is 20.1 Å². The van der Waals surface area contributed by atoms with E-state index in [1.807, 2.05) is 24.3 Å². The summed E-state index contributed by atoms with van der Waals surface area (Å²) in [7, 11) is -2.38. The quantitative estimate of drug-likeness (QED) is 0.475. The van der Waals surface area contributed by atoms with Gasteiger partial charge in [0.25, 0.3) is 10.0 Å². The lowest BCUT2D eigenvalue weighted by Crippen LogP contribution is -2.20. The summed E-state index contributed by atoms with van der Waals surface area (Å²) in [5, 5.41) is 6.63. The summed E-state index contributed by atoms with van der Waals surface area (Å²) in [6, 6.07) is 15.5. The summed E-state index contributed by atoms with van der Waals surface area (Å²) >= 11 is 5.36. The highest BCUT2D eigenvalue weighted by Crippen LogP contribution is 2.20. The molecule has 0 aliphatic rings. The molecule has 0 radical (unpaired) electrons. The van der Waals surface area contributed by atoms with Crippen molar-refractivity contribution in [2.45, 2.75) is 18.2 Å². The van der Waals surface area contributed by atoms with E-state index in [4.69, 9.17) is 17.0 Å². The fourth-order valence-electron chi connectivity index (χ4n) is 2.66. The standard InChI is InChI=1S/C20H21N5O3S2/c1-3-14-6-4-5-7-17(14)24-20(29)23-15-8-10-16(11-9-15)30(26,27)25-18-12-19(28-2)22-13-21-18/h4-13H,3H2,1-2H3,(H,21,22,25)(H2,23,24,29). The maximum Gasteiger partial charge on any atom is 0.263 e. The van der Waals surface area contributed by atoms with E-state index in [-0.39, 0.29) is 16.6 Å². The molecular weight excluding hydrogens is 422 g/mol. The molecule has 3 N–H and O–H groups in total. The zero-order valence-electron chi connectivity index (χ0n) is 16.4. The summed E-state index contributed by atoms with van der Waals surface area (Å²) in [4.78, 5) is 7.82. The van der Waals surface area contributed by atoms with Crippen molar-refractivity contribution in [2.75, 3.05) is 22.5 Å². The number of anilines is 3. The van der Waals surface area contributed by atoms with Gasteiger partial charge >= 0.3 is 0 Å². The van der Waals surface area contributed by atoms with Gasteiger partial charge in [0.1, 0.15) is 12.1 Å². The number of benzene rings is 2. The summed E-state index contributed by atoms with van der Waals surface area (Å²) in [6.45, 7) is 2.07. The van der Waals surface area contributed by atoms with Gasteiger partial charge in [0, 0.05) is 17.4 Å². The zero-order valence-corrected chi connectivity index (χ0v) is 18.0. The molecule has 8 nitrogen and oxygen atoms in total. The molecule has 0 bridgehead atoms. The van der Waals surface area contributed by atoms with E-state index < -0.39 is 10.0 Å². The fourth-order valence-corrected chi connectivity index (χ4v) is 3.88. The second-order valence-electron chi connectivity index (χ2n) is 6.17. The minimum absolute atomic E-state index is 0.0841. The Morgan fingerprint density at radius 1 is 1.07 bits per heavy atom. The lowest BCUT2D eigenvalue weighted by atomic mass is 10.1. The van der Waals surface area contributed by atoms with E-state index in [2.05, 4.69) is 32.2 Å². The molecular formula is C20H21N5O3S2. The monoisotopic (exact) mass is 443 g/mol. The van der Waals surface area contributed by atoms with Crippen LogP contribution in [0, 0.1) is 0 Å². The van der Waals surface area contributed by atoms with Crippen molar-refractivity contribution in [3.05, 3.63) is 66.5 Å². The number of nitrogens with one attached hydrogen (secondary N) is 3. The van der Waals surface area contributed by atoms with Gasteiger partial charge < -0.3 is 15.4 Å². The van der Waals surface area contributed by atoms with Gasteiger partial charge in [0.05, 0.1) is 12.0 Å². The van der Waals surface area contributed by atoms with Gasteiger partial charge in [-0.2, -0.15) is 0 Å². The smallest absolute Gasteiger partial charge is 0.263 e. The van der Waals surface area contributed by atoms with E-state index in [0.29, 0.717) is 10.8 Å².